The Hall–Kier alpha value is 0.845. The third-order valence-corrected chi connectivity index (χ3v) is 2.94. The minimum atomic E-state index is -2.99. The summed E-state index contributed by atoms with van der Waals surface area (Å²) in [5.41, 5.74) is 0. The zero-order chi connectivity index (χ0) is 6.62. The maximum absolute atomic E-state index is 10.3. The normalized spacial score (nSPS) is 11.9. The first-order valence-electron chi connectivity index (χ1n) is 2.28. The summed E-state index contributed by atoms with van der Waals surface area (Å²) in [5.74, 6) is 0. The van der Waals surface area contributed by atoms with Gasteiger partial charge in [-0.05, 0) is 0 Å². The Morgan fingerprint density at radius 3 is 2.25 bits per heavy atom. The van der Waals surface area contributed by atoms with Crippen molar-refractivity contribution in [3.8, 4) is 0 Å². The van der Waals surface area contributed by atoms with Gasteiger partial charge in [-0.3, -0.25) is 0 Å². The van der Waals surface area contributed by atoms with Crippen molar-refractivity contribution in [1.29, 1.82) is 0 Å². The Morgan fingerprint density at radius 2 is 2.12 bits per heavy atom. The van der Waals surface area contributed by atoms with Crippen LogP contribution in [-0.4, -0.2) is 15.0 Å². The van der Waals surface area contributed by atoms with Crippen molar-refractivity contribution in [2.24, 2.45) is 0 Å². The van der Waals surface area contributed by atoms with E-state index in [1.165, 1.54) is 0 Å². The van der Waals surface area contributed by atoms with E-state index in [0.717, 1.165) is 6.42 Å². The molecule has 0 unspecified atom stereocenters. The van der Waals surface area contributed by atoms with Gasteiger partial charge >= 0.3 is 63.8 Å². The van der Waals surface area contributed by atoms with Crippen LogP contribution >= 0.6 is 0 Å². The molecule has 0 rings (SSSR count). The quantitative estimate of drug-likeness (QED) is 0.697. The van der Waals surface area contributed by atoms with Crippen molar-refractivity contribution in [3.63, 3.8) is 0 Å². The molecule has 0 aliphatic carbocycles. The Labute approximate surface area is 63.6 Å². The molecule has 0 aromatic carbocycles. The standard InChI is InChI=1S/C3H7O3S.Hg/c1-2-3-6-7(4)5;/h2-3H2,1H3;. The molecule has 0 fully saturated rings. The second kappa shape index (κ2) is 3.79. The van der Waals surface area contributed by atoms with Crippen LogP contribution in [0.3, 0.4) is 0 Å². The van der Waals surface area contributed by atoms with Gasteiger partial charge in [0.25, 0.3) is 0 Å². The fourth-order valence-corrected chi connectivity index (χ4v) is 2.01. The topological polar surface area (TPSA) is 43.4 Å². The zero-order valence-corrected chi connectivity index (χ0v) is 11.1. The van der Waals surface area contributed by atoms with Crippen LogP contribution in [0.2, 0.25) is 0 Å². The van der Waals surface area contributed by atoms with E-state index in [4.69, 9.17) is 0 Å². The van der Waals surface area contributed by atoms with E-state index in [-0.39, 0.29) is 24.6 Å². The molecule has 0 saturated carbocycles. The van der Waals surface area contributed by atoms with Crippen LogP contribution in [0.25, 0.3) is 0 Å². The van der Waals surface area contributed by atoms with E-state index >= 15 is 0 Å². The van der Waals surface area contributed by atoms with Crippen LogP contribution in [-0.2, 0) is 35.4 Å². The molecule has 0 aliphatic heterocycles. The summed E-state index contributed by atoms with van der Waals surface area (Å²) in [6.45, 7) is -0.779. The molecule has 3 nitrogen and oxygen atoms in total. The first kappa shape index (κ1) is 8.85. The summed E-state index contributed by atoms with van der Waals surface area (Å²) in [5, 5.41) is 0. The molecule has 0 aliphatic rings. The van der Waals surface area contributed by atoms with Crippen molar-refractivity contribution in [3.05, 3.63) is 0 Å². The SMILES string of the molecule is CCCO[S](=O)(=O)[Hg]. The van der Waals surface area contributed by atoms with Gasteiger partial charge in [0, 0.05) is 0 Å². The summed E-state index contributed by atoms with van der Waals surface area (Å²) in [4.78, 5) is 0. The molecule has 0 aromatic rings. The first-order chi connectivity index (χ1) is 3.56. The van der Waals surface area contributed by atoms with E-state index in [0.29, 0.717) is 6.61 Å². The molecule has 0 amide bonds. The number of rotatable bonds is 3. The van der Waals surface area contributed by atoms with Gasteiger partial charge in [-0.2, -0.15) is 0 Å². The summed E-state index contributed by atoms with van der Waals surface area (Å²) in [6.07, 6.45) is 0.760. The average Bonchev–Trinajstić information content (AvgIpc) is 1.59. The Kier molecular flexibility index (Phi) is 4.19. The van der Waals surface area contributed by atoms with Crippen molar-refractivity contribution in [2.75, 3.05) is 6.61 Å². The summed E-state index contributed by atoms with van der Waals surface area (Å²) >= 11 is -0.289. The van der Waals surface area contributed by atoms with Gasteiger partial charge in [-0.1, -0.05) is 0 Å². The van der Waals surface area contributed by atoms with Crippen LogP contribution in [0.1, 0.15) is 13.3 Å². The second-order valence-corrected chi connectivity index (χ2v) is 11.0. The molecule has 0 atom stereocenters. The van der Waals surface area contributed by atoms with E-state index in [2.05, 4.69) is 4.18 Å². The summed E-state index contributed by atoms with van der Waals surface area (Å²) in [7, 11) is 0. The van der Waals surface area contributed by atoms with E-state index in [1.54, 1.807) is 0 Å². The summed E-state index contributed by atoms with van der Waals surface area (Å²) in [6, 6.07) is 0. The molecule has 0 N–H and O–H groups in total. The molecule has 0 radical (unpaired) electrons. The van der Waals surface area contributed by atoms with E-state index < -0.39 is 6.60 Å². The van der Waals surface area contributed by atoms with Gasteiger partial charge in [0.2, 0.25) is 0 Å². The molecule has 0 heterocycles. The predicted molar refractivity (Wildman–Crippen MR) is 25.2 cm³/mol. The zero-order valence-electron chi connectivity index (χ0n) is 4.75. The number of hydrogen-bond donors (Lipinski definition) is 0. The molecule has 0 spiro atoms. The summed E-state index contributed by atoms with van der Waals surface area (Å²) < 4.78 is 24.9. The van der Waals surface area contributed by atoms with Crippen molar-refractivity contribution in [2.45, 2.75) is 13.3 Å². The Balaban J connectivity index is 3.42. The molecular weight excluding hydrogens is 317 g/mol. The molecule has 8 heavy (non-hydrogen) atoms. The van der Waals surface area contributed by atoms with Crippen LogP contribution < -0.4 is 0 Å². The van der Waals surface area contributed by atoms with Gasteiger partial charge in [0.05, 0.1) is 0 Å². The van der Waals surface area contributed by atoms with Crippen molar-refractivity contribution in [1.82, 2.24) is 0 Å². The van der Waals surface area contributed by atoms with Gasteiger partial charge in [-0.25, -0.2) is 0 Å². The Morgan fingerprint density at radius 1 is 1.62 bits per heavy atom. The van der Waals surface area contributed by atoms with Crippen molar-refractivity contribution >= 4 is 6.60 Å². The van der Waals surface area contributed by atoms with Gasteiger partial charge in [0.15, 0.2) is 0 Å². The fraction of sp³-hybridized carbons (Fsp3) is 1.00. The molecular formula is C3H7HgO3S. The predicted octanol–water partition coefficient (Wildman–Crippen LogP) is 0.205. The van der Waals surface area contributed by atoms with Crippen molar-refractivity contribution < 1.29 is 37.2 Å². The third kappa shape index (κ3) is 6.85. The first-order valence-corrected chi connectivity index (χ1v) is 10.6. The van der Waals surface area contributed by atoms with Gasteiger partial charge in [-0.15, -0.1) is 0 Å². The van der Waals surface area contributed by atoms with Gasteiger partial charge in [0.1, 0.15) is 0 Å². The number of hydrogen-bond acceptors (Lipinski definition) is 3. The maximum atomic E-state index is 10.3. The molecule has 45 valence electrons. The van der Waals surface area contributed by atoms with Crippen LogP contribution in [0.5, 0.6) is 0 Å². The van der Waals surface area contributed by atoms with E-state index in [9.17, 15) is 8.42 Å². The molecule has 0 bridgehead atoms. The van der Waals surface area contributed by atoms with Gasteiger partial charge < -0.3 is 0 Å². The fourth-order valence-electron chi connectivity index (χ4n) is 0.210. The van der Waals surface area contributed by atoms with E-state index in [1.807, 2.05) is 6.92 Å². The minimum absolute atomic E-state index is 0.289. The second-order valence-electron chi connectivity index (χ2n) is 1.38. The molecule has 0 aromatic heterocycles. The van der Waals surface area contributed by atoms with Crippen LogP contribution in [0.4, 0.5) is 0 Å². The average molecular weight is 324 g/mol. The van der Waals surface area contributed by atoms with Crippen LogP contribution in [0.15, 0.2) is 0 Å². The Bertz CT molecular complexity index is 139. The monoisotopic (exact) mass is 325 g/mol. The molecule has 0 saturated heterocycles. The van der Waals surface area contributed by atoms with Crippen LogP contribution in [0, 0.1) is 0 Å². The molecule has 5 heteroatoms. The third-order valence-electron chi connectivity index (χ3n) is 0.467.